The monoisotopic (exact) mass is 694 g/mol. The van der Waals surface area contributed by atoms with Gasteiger partial charge in [-0.3, -0.25) is 18.9 Å². The van der Waals surface area contributed by atoms with Crippen molar-refractivity contribution >= 4 is 70.5 Å². The van der Waals surface area contributed by atoms with Gasteiger partial charge in [-0.25, -0.2) is 18.5 Å². The van der Waals surface area contributed by atoms with E-state index in [4.69, 9.17) is 14.5 Å². The van der Waals surface area contributed by atoms with E-state index in [0.29, 0.717) is 4.91 Å². The maximum absolute atomic E-state index is 12.4. The molecule has 40 heavy (non-hydrogen) atoms. The van der Waals surface area contributed by atoms with Crippen LogP contribution in [0, 0.1) is 11.8 Å². The number of aliphatic hydroxyl groups excluding tert-OH is 1. The van der Waals surface area contributed by atoms with E-state index < -0.39 is 59.8 Å². The topological polar surface area (TPSA) is 244 Å². The van der Waals surface area contributed by atoms with Gasteiger partial charge in [0.2, 0.25) is 0 Å². The second-order valence-electron chi connectivity index (χ2n) is 7.56. The van der Waals surface area contributed by atoms with Gasteiger partial charge in [-0.05, 0) is 16.2 Å². The highest BCUT2D eigenvalue weighted by Gasteiger charge is 2.43. The zero-order chi connectivity index (χ0) is 29.3. The highest BCUT2D eigenvalue weighted by Crippen LogP contribution is 2.66. The van der Waals surface area contributed by atoms with Gasteiger partial charge in [-0.15, -0.1) is 0 Å². The molecule has 0 aliphatic carbocycles. The van der Waals surface area contributed by atoms with Gasteiger partial charge >= 0.3 is 29.2 Å². The van der Waals surface area contributed by atoms with Crippen molar-refractivity contribution in [2.75, 3.05) is 6.61 Å². The molecule has 3 aliphatic rings. The molecular formula is C17H17N2O14P3S4. The van der Waals surface area contributed by atoms with Gasteiger partial charge in [-0.2, -0.15) is 8.62 Å². The molecule has 0 amide bonds. The summed E-state index contributed by atoms with van der Waals surface area (Å²) in [6.45, 7) is -0.918. The second kappa shape index (κ2) is 12.8. The van der Waals surface area contributed by atoms with Crippen molar-refractivity contribution < 1.29 is 56.3 Å². The molecule has 0 radical (unpaired) electrons. The van der Waals surface area contributed by atoms with Crippen molar-refractivity contribution in [2.45, 2.75) is 24.9 Å². The van der Waals surface area contributed by atoms with Gasteiger partial charge in [-0.1, -0.05) is 58.9 Å². The molecule has 218 valence electrons. The fourth-order valence-electron chi connectivity index (χ4n) is 3.13. The molecule has 16 nitrogen and oxygen atoms in total. The van der Waals surface area contributed by atoms with E-state index in [9.17, 15) is 38.2 Å². The molecule has 23 heteroatoms. The SMILES string of the molecule is O=c1[nH]c(=O)n([C@H]2C[C@H](O)[C@@H](COP(=O)(O)OP(=O)(O)OP(=O)(O)O)O2)cc1C#CC1=CSC(=C2SC=CS2)S1. The third-order valence-corrected chi connectivity index (χ3v) is 13.4. The van der Waals surface area contributed by atoms with E-state index in [-0.39, 0.29) is 12.0 Å². The van der Waals surface area contributed by atoms with Crippen LogP contribution >= 0.6 is 70.5 Å². The lowest BCUT2D eigenvalue weighted by Crippen LogP contribution is -2.33. The van der Waals surface area contributed by atoms with Crippen LogP contribution in [0.3, 0.4) is 0 Å². The third-order valence-electron chi connectivity index (χ3n) is 4.67. The highest BCUT2D eigenvalue weighted by molar-refractivity contribution is 8.33. The number of nitrogens with zero attached hydrogens (tertiary/aromatic N) is 1. The zero-order valence-electron chi connectivity index (χ0n) is 19.3. The van der Waals surface area contributed by atoms with Crippen molar-refractivity contribution in [3.63, 3.8) is 0 Å². The summed E-state index contributed by atoms with van der Waals surface area (Å²) < 4.78 is 54.4. The Hall–Kier alpha value is -0.810. The van der Waals surface area contributed by atoms with Crippen LogP contribution in [0.15, 0.2) is 45.4 Å². The van der Waals surface area contributed by atoms with Crippen molar-refractivity contribution in [3.05, 3.63) is 62.2 Å². The normalized spacial score (nSPS) is 25.8. The van der Waals surface area contributed by atoms with Crippen LogP contribution in [0.4, 0.5) is 0 Å². The Morgan fingerprint density at radius 1 is 1.02 bits per heavy atom. The molecule has 0 saturated carbocycles. The number of aromatic nitrogens is 2. The number of aromatic amines is 1. The van der Waals surface area contributed by atoms with Crippen LogP contribution in [-0.2, 0) is 31.6 Å². The second-order valence-corrected chi connectivity index (χ2v) is 16.3. The Bertz CT molecular complexity index is 1590. The van der Waals surface area contributed by atoms with Gasteiger partial charge in [0.05, 0.1) is 26.1 Å². The number of thioether (sulfide) groups is 4. The number of H-pyrrole nitrogens is 1. The molecule has 4 rings (SSSR count). The summed E-state index contributed by atoms with van der Waals surface area (Å²) in [5.41, 5.74) is -1.72. The quantitative estimate of drug-likeness (QED) is 0.169. The van der Waals surface area contributed by atoms with Crippen LogP contribution in [0.1, 0.15) is 18.2 Å². The first-order chi connectivity index (χ1) is 18.6. The largest absolute Gasteiger partial charge is 0.490 e. The highest BCUT2D eigenvalue weighted by atomic mass is 32.2. The van der Waals surface area contributed by atoms with Gasteiger partial charge < -0.3 is 29.4 Å². The molecule has 4 heterocycles. The van der Waals surface area contributed by atoms with E-state index >= 15 is 0 Å². The molecule has 0 aromatic carbocycles. The van der Waals surface area contributed by atoms with E-state index in [1.807, 2.05) is 16.2 Å². The van der Waals surface area contributed by atoms with E-state index in [1.165, 1.54) is 23.5 Å². The Labute approximate surface area is 241 Å². The smallest absolute Gasteiger partial charge is 0.390 e. The number of aliphatic hydroxyl groups is 1. The predicted octanol–water partition coefficient (Wildman–Crippen LogP) is 2.28. The number of allylic oxidation sites excluding steroid dienone is 1. The maximum Gasteiger partial charge on any atom is 0.490 e. The van der Waals surface area contributed by atoms with E-state index in [1.54, 1.807) is 23.5 Å². The number of hydrogen-bond donors (Lipinski definition) is 6. The molecule has 1 saturated heterocycles. The van der Waals surface area contributed by atoms with Crippen LogP contribution in [0.5, 0.6) is 0 Å². The molecule has 3 aliphatic heterocycles. The average Bonchev–Trinajstić information content (AvgIpc) is 3.56. The number of ether oxygens (including phenoxy) is 1. The lowest BCUT2D eigenvalue weighted by atomic mass is 10.2. The zero-order valence-corrected chi connectivity index (χ0v) is 25.2. The Kier molecular flexibility index (Phi) is 10.3. The summed E-state index contributed by atoms with van der Waals surface area (Å²) in [4.78, 5) is 63.5. The summed E-state index contributed by atoms with van der Waals surface area (Å²) >= 11 is 6.13. The molecule has 6 N–H and O–H groups in total. The number of hydrogen-bond acceptors (Lipinski definition) is 14. The fourth-order valence-corrected chi connectivity index (χ4v) is 10.4. The summed E-state index contributed by atoms with van der Waals surface area (Å²) in [6.07, 6.45) is -3.02. The lowest BCUT2D eigenvalue weighted by molar-refractivity contribution is -0.0450. The molecule has 1 aromatic heterocycles. The lowest BCUT2D eigenvalue weighted by Gasteiger charge is -2.19. The molecule has 0 spiro atoms. The first-order valence-electron chi connectivity index (χ1n) is 10.4. The van der Waals surface area contributed by atoms with E-state index in [0.717, 1.165) is 19.2 Å². The molecule has 1 fully saturated rings. The standard InChI is InChI=1S/C17H17N2O14P3S4/c20-11-5-13(31-12(11)7-30-35(26,27)33-36(28,29)32-34(23,24)25)19-6-9(14(21)18-17(19)22)1-2-10-8-39-16(40-10)15-37-3-4-38-15/h3-4,6,8,11-13,20H,5,7H2,(H,26,27)(H,28,29)(H,18,21,22)(H2,23,24,25)/t11-,12+,13+/m0/s1. The van der Waals surface area contributed by atoms with Gasteiger partial charge in [0.15, 0.2) is 0 Å². The molecule has 5 atom stereocenters. The van der Waals surface area contributed by atoms with Crippen LogP contribution in [0.2, 0.25) is 0 Å². The third kappa shape index (κ3) is 8.85. The minimum absolute atomic E-state index is 0.0757. The summed E-state index contributed by atoms with van der Waals surface area (Å²) in [7, 11) is -16.7. The van der Waals surface area contributed by atoms with Crippen LogP contribution in [0.25, 0.3) is 0 Å². The number of phosphoric ester groups is 1. The van der Waals surface area contributed by atoms with Crippen molar-refractivity contribution in [1.29, 1.82) is 0 Å². The number of nitrogens with one attached hydrogen (secondary N) is 1. The Balaban J connectivity index is 1.41. The van der Waals surface area contributed by atoms with Gasteiger partial charge in [0.25, 0.3) is 5.56 Å². The Morgan fingerprint density at radius 3 is 2.40 bits per heavy atom. The van der Waals surface area contributed by atoms with Crippen LogP contribution < -0.4 is 11.2 Å². The average molecular weight is 695 g/mol. The minimum Gasteiger partial charge on any atom is -0.390 e. The molecule has 2 unspecified atom stereocenters. The number of rotatable bonds is 8. The fraction of sp³-hybridized carbons (Fsp3) is 0.294. The van der Waals surface area contributed by atoms with Gasteiger partial charge in [0.1, 0.15) is 17.9 Å². The van der Waals surface area contributed by atoms with E-state index in [2.05, 4.69) is 30.0 Å². The number of phosphoric acid groups is 3. The van der Waals surface area contributed by atoms with Crippen molar-refractivity contribution in [2.24, 2.45) is 0 Å². The van der Waals surface area contributed by atoms with Crippen LogP contribution in [-0.4, -0.2) is 53.0 Å². The van der Waals surface area contributed by atoms with Crippen molar-refractivity contribution in [1.82, 2.24) is 9.55 Å². The molecular weight excluding hydrogens is 677 g/mol. The van der Waals surface area contributed by atoms with Crippen molar-refractivity contribution in [3.8, 4) is 11.8 Å². The molecule has 0 bridgehead atoms. The summed E-state index contributed by atoms with van der Waals surface area (Å²) in [6, 6.07) is 0. The summed E-state index contributed by atoms with van der Waals surface area (Å²) in [5.74, 6) is 5.58. The predicted molar refractivity (Wildman–Crippen MR) is 147 cm³/mol. The first-order valence-corrected chi connectivity index (χ1v) is 18.4. The maximum atomic E-state index is 12.4. The molecule has 1 aromatic rings. The minimum atomic E-state index is -5.72. The van der Waals surface area contributed by atoms with Gasteiger partial charge in [0, 0.05) is 12.6 Å². The summed E-state index contributed by atoms with van der Waals surface area (Å²) in [5, 5.41) is 16.1. The first kappa shape index (κ1) is 32.1. The Morgan fingerprint density at radius 2 is 1.73 bits per heavy atom.